The van der Waals surface area contributed by atoms with Gasteiger partial charge in [0.15, 0.2) is 0 Å². The van der Waals surface area contributed by atoms with E-state index in [0.717, 1.165) is 0 Å². The number of rotatable bonds is 3. The molecule has 1 amide bonds. The van der Waals surface area contributed by atoms with Crippen LogP contribution in [0.4, 0.5) is 11.4 Å². The van der Waals surface area contributed by atoms with Crippen LogP contribution >= 0.6 is 0 Å². The van der Waals surface area contributed by atoms with E-state index in [-0.39, 0.29) is 23.6 Å². The first-order valence-corrected chi connectivity index (χ1v) is 5.26. The van der Waals surface area contributed by atoms with Gasteiger partial charge in [-0.05, 0) is 12.1 Å². The molecule has 0 atom stereocenters. The topological polar surface area (TPSA) is 93.4 Å². The van der Waals surface area contributed by atoms with Crippen LogP contribution in [0.1, 0.15) is 5.56 Å². The lowest BCUT2D eigenvalue weighted by Gasteiger charge is -2.17. The molecule has 1 aromatic carbocycles. The van der Waals surface area contributed by atoms with Crippen LogP contribution in [0.25, 0.3) is 0 Å². The Morgan fingerprint density at radius 1 is 1.28 bits per heavy atom. The van der Waals surface area contributed by atoms with Crippen LogP contribution in [0.2, 0.25) is 0 Å². The number of anilines is 2. The van der Waals surface area contributed by atoms with Gasteiger partial charge in [-0.3, -0.25) is 19.4 Å². The van der Waals surface area contributed by atoms with E-state index < -0.39 is 10.9 Å². The van der Waals surface area contributed by atoms with Crippen LogP contribution < -0.4 is 21.5 Å². The van der Waals surface area contributed by atoms with Crippen molar-refractivity contribution in [2.45, 2.75) is 6.42 Å². The monoisotopic (exact) mass is 245 g/mol. The zero-order valence-electron chi connectivity index (χ0n) is 9.71. The summed E-state index contributed by atoms with van der Waals surface area (Å²) in [6.07, 6.45) is 2.96. The second-order valence-electron chi connectivity index (χ2n) is 3.89. The molecule has 0 aliphatic rings. The Bertz CT molecular complexity index is 657. The summed E-state index contributed by atoms with van der Waals surface area (Å²) < 4.78 is 0. The minimum absolute atomic E-state index is 0.100. The number of likely N-dealkylation sites (N-methyl/N-ethyl adjacent to an activating group) is 1. The first-order chi connectivity index (χ1) is 8.52. The van der Waals surface area contributed by atoms with Crippen molar-refractivity contribution in [2.75, 3.05) is 17.7 Å². The molecular formula is C12H11N3O3. The van der Waals surface area contributed by atoms with Crippen LogP contribution in [-0.2, 0) is 11.2 Å². The summed E-state index contributed by atoms with van der Waals surface area (Å²) in [7, 11) is 1.58. The van der Waals surface area contributed by atoms with Gasteiger partial charge in [0, 0.05) is 30.7 Å². The fraction of sp³-hybridized carbons (Fsp3) is 0.167. The molecule has 1 aromatic heterocycles. The second kappa shape index (κ2) is 4.40. The highest BCUT2D eigenvalue weighted by molar-refractivity contribution is 5.95. The Morgan fingerprint density at radius 2 is 1.89 bits per heavy atom. The van der Waals surface area contributed by atoms with Gasteiger partial charge in [0.1, 0.15) is 0 Å². The minimum atomic E-state index is -0.704. The molecule has 2 N–H and O–H groups in total. The van der Waals surface area contributed by atoms with E-state index in [2.05, 4.69) is 4.98 Å². The van der Waals surface area contributed by atoms with Crippen LogP contribution in [-0.4, -0.2) is 17.9 Å². The van der Waals surface area contributed by atoms with E-state index in [9.17, 15) is 14.4 Å². The number of hydrogen-bond donors (Lipinski definition) is 1. The van der Waals surface area contributed by atoms with Gasteiger partial charge in [-0.2, -0.15) is 0 Å². The number of carbonyl (C=O) groups is 1. The third-order valence-corrected chi connectivity index (χ3v) is 2.80. The predicted octanol–water partition coefficient (Wildman–Crippen LogP) is -0.535. The minimum Gasteiger partial charge on any atom is -0.395 e. The number of nitrogens with two attached hydrogens (primary N) is 1. The van der Waals surface area contributed by atoms with E-state index in [0.29, 0.717) is 5.69 Å². The number of amides is 1. The second-order valence-corrected chi connectivity index (χ2v) is 3.89. The quantitative estimate of drug-likeness (QED) is 0.733. The third-order valence-electron chi connectivity index (χ3n) is 2.80. The molecular weight excluding hydrogens is 234 g/mol. The summed E-state index contributed by atoms with van der Waals surface area (Å²) in [5.41, 5.74) is 4.67. The van der Waals surface area contributed by atoms with E-state index in [1.54, 1.807) is 31.6 Å². The average molecular weight is 245 g/mol. The summed E-state index contributed by atoms with van der Waals surface area (Å²) >= 11 is 0. The Labute approximate surface area is 102 Å². The fourth-order valence-corrected chi connectivity index (χ4v) is 1.61. The lowest BCUT2D eigenvalue weighted by atomic mass is 10.0. The van der Waals surface area contributed by atoms with Gasteiger partial charge < -0.3 is 10.6 Å². The summed E-state index contributed by atoms with van der Waals surface area (Å²) in [6.45, 7) is 0. The lowest BCUT2D eigenvalue weighted by molar-refractivity contribution is -0.117. The fourth-order valence-electron chi connectivity index (χ4n) is 1.61. The van der Waals surface area contributed by atoms with Gasteiger partial charge in [-0.15, -0.1) is 0 Å². The van der Waals surface area contributed by atoms with Gasteiger partial charge in [0.05, 0.1) is 12.1 Å². The van der Waals surface area contributed by atoms with Crippen molar-refractivity contribution in [1.29, 1.82) is 0 Å². The highest BCUT2D eigenvalue weighted by Crippen LogP contribution is 2.12. The highest BCUT2D eigenvalue weighted by Gasteiger charge is 2.22. The summed E-state index contributed by atoms with van der Waals surface area (Å²) in [5, 5.41) is 0. The Kier molecular flexibility index (Phi) is 2.93. The number of nitrogen functional groups attached to an aromatic ring is 1. The van der Waals surface area contributed by atoms with Gasteiger partial charge in [-0.1, -0.05) is 0 Å². The number of aromatic nitrogens is 1. The molecule has 2 rings (SSSR count). The molecule has 6 heteroatoms. The SMILES string of the molecule is CN(C(=O)Cc1c(N)c(=O)c1=O)c1ccncc1. The van der Waals surface area contributed by atoms with Crippen LogP contribution in [0, 0.1) is 0 Å². The molecule has 2 aromatic rings. The van der Waals surface area contributed by atoms with E-state index >= 15 is 0 Å². The molecule has 0 unspecified atom stereocenters. The molecule has 0 radical (unpaired) electrons. The molecule has 6 nitrogen and oxygen atoms in total. The number of pyridine rings is 1. The summed E-state index contributed by atoms with van der Waals surface area (Å²) in [6, 6.07) is 3.34. The largest absolute Gasteiger partial charge is 0.395 e. The van der Waals surface area contributed by atoms with Crippen LogP contribution in [0.5, 0.6) is 0 Å². The molecule has 18 heavy (non-hydrogen) atoms. The van der Waals surface area contributed by atoms with Crippen molar-refractivity contribution in [1.82, 2.24) is 4.98 Å². The Hall–Kier alpha value is -2.50. The number of hydrogen-bond acceptors (Lipinski definition) is 5. The van der Waals surface area contributed by atoms with Crippen LogP contribution in [0.15, 0.2) is 34.1 Å². The van der Waals surface area contributed by atoms with Crippen molar-refractivity contribution >= 4 is 17.3 Å². The maximum Gasteiger partial charge on any atom is 0.249 e. The van der Waals surface area contributed by atoms with Gasteiger partial charge in [-0.25, -0.2) is 0 Å². The van der Waals surface area contributed by atoms with Gasteiger partial charge >= 0.3 is 0 Å². The molecule has 1 heterocycles. The molecule has 0 saturated heterocycles. The molecule has 92 valence electrons. The van der Waals surface area contributed by atoms with E-state index in [1.165, 1.54) is 4.90 Å². The van der Waals surface area contributed by atoms with E-state index in [4.69, 9.17) is 5.73 Å². The zero-order valence-corrected chi connectivity index (χ0v) is 9.71. The standard InChI is InChI=1S/C12H11N3O3/c1-15(7-2-4-14-5-3-7)9(16)6-8-10(13)12(18)11(8)17/h2-5H,6,13H2,1H3. The van der Waals surface area contributed by atoms with E-state index in [1.807, 2.05) is 0 Å². The Balaban J connectivity index is 2.15. The molecule has 0 aliphatic carbocycles. The molecule has 0 bridgehead atoms. The van der Waals surface area contributed by atoms with Crippen molar-refractivity contribution in [3.63, 3.8) is 0 Å². The van der Waals surface area contributed by atoms with Crippen molar-refractivity contribution < 1.29 is 4.79 Å². The molecule has 0 aliphatic heterocycles. The maximum absolute atomic E-state index is 11.9. The number of carbonyl (C=O) groups excluding carboxylic acids is 1. The van der Waals surface area contributed by atoms with Crippen molar-refractivity contribution in [3.8, 4) is 0 Å². The van der Waals surface area contributed by atoms with Crippen molar-refractivity contribution in [2.24, 2.45) is 0 Å². The number of nitrogens with zero attached hydrogens (tertiary/aromatic N) is 2. The smallest absolute Gasteiger partial charge is 0.249 e. The zero-order chi connectivity index (χ0) is 13.3. The average Bonchev–Trinajstić information content (AvgIpc) is 2.43. The highest BCUT2D eigenvalue weighted by atomic mass is 16.2. The molecule has 0 spiro atoms. The Morgan fingerprint density at radius 3 is 2.44 bits per heavy atom. The normalized spacial score (nSPS) is 10.5. The predicted molar refractivity (Wildman–Crippen MR) is 67.1 cm³/mol. The van der Waals surface area contributed by atoms with Crippen LogP contribution in [0.3, 0.4) is 0 Å². The molecule has 0 fully saturated rings. The lowest BCUT2D eigenvalue weighted by Crippen LogP contribution is -2.41. The summed E-state index contributed by atoms with van der Waals surface area (Å²) in [4.78, 5) is 39.3. The first kappa shape index (κ1) is 12.0. The molecule has 0 saturated carbocycles. The third kappa shape index (κ3) is 1.88. The van der Waals surface area contributed by atoms with Gasteiger partial charge in [0.25, 0.3) is 0 Å². The first-order valence-electron chi connectivity index (χ1n) is 5.26. The summed E-state index contributed by atoms with van der Waals surface area (Å²) in [5.74, 6) is -0.306. The maximum atomic E-state index is 11.9. The van der Waals surface area contributed by atoms with Crippen molar-refractivity contribution in [3.05, 3.63) is 50.5 Å². The van der Waals surface area contributed by atoms with Gasteiger partial charge in [0.2, 0.25) is 16.8 Å².